The van der Waals surface area contributed by atoms with Crippen molar-refractivity contribution in [1.82, 2.24) is 23.0 Å². The monoisotopic (exact) mass is 363 g/mol. The van der Waals surface area contributed by atoms with Gasteiger partial charge in [-0.15, -0.1) is 0 Å². The molecule has 0 aliphatic heterocycles. The zero-order valence-electron chi connectivity index (χ0n) is 11.6. The van der Waals surface area contributed by atoms with E-state index in [1.807, 2.05) is 0 Å². The number of benzene rings is 1. The normalized spacial score (nSPS) is 12.2. The van der Waals surface area contributed by atoms with Crippen LogP contribution in [-0.4, -0.2) is 41.6 Å². The fourth-order valence-electron chi connectivity index (χ4n) is 2.24. The predicted octanol–water partition coefficient (Wildman–Crippen LogP) is 2.51. The molecule has 3 rings (SSSR count). The second-order valence-electron chi connectivity index (χ2n) is 5.79. The molecule has 2 aromatic heterocycles. The summed E-state index contributed by atoms with van der Waals surface area (Å²) in [4.78, 5) is 6.90. The first-order chi connectivity index (χ1) is 8.97. The summed E-state index contributed by atoms with van der Waals surface area (Å²) in [5.41, 5.74) is 2.32. The molecule has 19 heavy (non-hydrogen) atoms. The van der Waals surface area contributed by atoms with Gasteiger partial charge in [0.05, 0.1) is 0 Å². The van der Waals surface area contributed by atoms with Gasteiger partial charge in [-0.05, 0) is 0 Å². The molecule has 2 heterocycles. The molecular formula is C13H17N5Sn. The first kappa shape index (κ1) is 12.7. The average Bonchev–Trinajstić information content (AvgIpc) is 2.95. The number of tetrazole rings is 1. The topological polar surface area (TPSA) is 48.5 Å². The van der Waals surface area contributed by atoms with Gasteiger partial charge in [-0.2, -0.15) is 0 Å². The van der Waals surface area contributed by atoms with Crippen LogP contribution < -0.4 is 0 Å². The van der Waals surface area contributed by atoms with Crippen molar-refractivity contribution in [3.05, 3.63) is 30.5 Å². The number of nitrogens with zero attached hydrogens (tertiary/aromatic N) is 5. The third-order valence-electron chi connectivity index (χ3n) is 3.25. The van der Waals surface area contributed by atoms with Crippen LogP contribution in [-0.2, 0) is 7.05 Å². The Bertz CT molecular complexity index is 735. The molecule has 6 heteroatoms. The maximum absolute atomic E-state index is 4.21. The van der Waals surface area contributed by atoms with Crippen LogP contribution in [0.2, 0.25) is 14.8 Å². The van der Waals surface area contributed by atoms with Crippen molar-refractivity contribution < 1.29 is 0 Å². The fraction of sp³-hybridized carbons (Fsp3) is 0.308. The number of aromatic nitrogens is 5. The van der Waals surface area contributed by atoms with Gasteiger partial charge in [0.15, 0.2) is 0 Å². The van der Waals surface area contributed by atoms with Crippen molar-refractivity contribution in [1.29, 1.82) is 0 Å². The minimum atomic E-state index is -2.34. The Morgan fingerprint density at radius 3 is 2.63 bits per heavy atom. The Hall–Kier alpha value is -1.37. The molecule has 0 unspecified atom stereocenters. The van der Waals surface area contributed by atoms with Crippen LogP contribution >= 0.6 is 0 Å². The van der Waals surface area contributed by atoms with Gasteiger partial charge in [-0.3, -0.25) is 0 Å². The number of hydrogen-bond acceptors (Lipinski definition) is 3. The molecule has 0 saturated heterocycles. The van der Waals surface area contributed by atoms with Gasteiger partial charge < -0.3 is 0 Å². The summed E-state index contributed by atoms with van der Waals surface area (Å²) in [5.74, 6) is 0.897. The van der Waals surface area contributed by atoms with Crippen molar-refractivity contribution in [2.24, 2.45) is 7.05 Å². The first-order valence-corrected chi connectivity index (χ1v) is 16.1. The molecule has 0 aliphatic rings. The van der Waals surface area contributed by atoms with Crippen LogP contribution in [0.4, 0.5) is 0 Å². The molecule has 0 atom stereocenters. The van der Waals surface area contributed by atoms with Gasteiger partial charge in [0, 0.05) is 0 Å². The van der Waals surface area contributed by atoms with E-state index in [4.69, 9.17) is 0 Å². The Morgan fingerprint density at radius 1 is 1.11 bits per heavy atom. The number of rotatable bonds is 2. The van der Waals surface area contributed by atoms with Gasteiger partial charge in [0.2, 0.25) is 0 Å². The molecule has 1 aromatic carbocycles. The molecule has 0 spiro atoms. The molecule has 0 fully saturated rings. The van der Waals surface area contributed by atoms with E-state index >= 15 is 0 Å². The van der Waals surface area contributed by atoms with Crippen molar-refractivity contribution >= 4 is 29.6 Å². The molecular weight excluding hydrogens is 345 g/mol. The zero-order valence-corrected chi connectivity index (χ0v) is 14.5. The summed E-state index contributed by atoms with van der Waals surface area (Å²) in [6.07, 6.45) is 2.07. The van der Waals surface area contributed by atoms with Gasteiger partial charge in [0.25, 0.3) is 0 Å². The Morgan fingerprint density at radius 2 is 1.89 bits per heavy atom. The Balaban J connectivity index is 2.17. The number of hydrogen-bond donors (Lipinski definition) is 0. The van der Waals surface area contributed by atoms with E-state index in [9.17, 15) is 0 Å². The van der Waals surface area contributed by atoms with E-state index in [0.717, 1.165) is 11.4 Å². The van der Waals surface area contributed by atoms with E-state index < -0.39 is 18.7 Å². The third-order valence-corrected chi connectivity index (χ3v) is 7.74. The second-order valence-corrected chi connectivity index (χ2v) is 19.4. The Kier molecular flexibility index (Phi) is 2.88. The number of fused-ring (bicyclic) bond motifs is 1. The standard InChI is InChI=1S/C10H8N5.3CH3.Sn/c1-15-5-4-7-6-8(2-3-9(7)15)10-11-13-14-12-10;;;;/h2-6H,1H3;3*1H3;/q-1;;;;+1. The van der Waals surface area contributed by atoms with Gasteiger partial charge in [0.1, 0.15) is 0 Å². The molecule has 98 valence electrons. The van der Waals surface area contributed by atoms with Gasteiger partial charge >= 0.3 is 116 Å². The molecule has 0 radical (unpaired) electrons. The summed E-state index contributed by atoms with van der Waals surface area (Å²) in [6, 6.07) is 8.51. The van der Waals surface area contributed by atoms with E-state index in [1.165, 1.54) is 10.9 Å². The van der Waals surface area contributed by atoms with E-state index in [1.54, 1.807) is 0 Å². The van der Waals surface area contributed by atoms with Crippen LogP contribution in [0.15, 0.2) is 30.5 Å². The van der Waals surface area contributed by atoms with E-state index in [2.05, 4.69) is 75.3 Å². The van der Waals surface area contributed by atoms with Crippen molar-refractivity contribution in [2.45, 2.75) is 14.8 Å². The van der Waals surface area contributed by atoms with E-state index in [0.29, 0.717) is 0 Å². The second kappa shape index (κ2) is 4.33. The fourth-order valence-corrected chi connectivity index (χ4v) is 5.43. The summed E-state index contributed by atoms with van der Waals surface area (Å²) in [5, 5.41) is 13.5. The van der Waals surface area contributed by atoms with Crippen LogP contribution in [0.25, 0.3) is 22.3 Å². The van der Waals surface area contributed by atoms with Crippen LogP contribution in [0.5, 0.6) is 0 Å². The predicted molar refractivity (Wildman–Crippen MR) is 78.5 cm³/mol. The van der Waals surface area contributed by atoms with Gasteiger partial charge in [-0.25, -0.2) is 0 Å². The maximum atomic E-state index is 4.21. The molecule has 3 aromatic rings. The van der Waals surface area contributed by atoms with E-state index in [-0.39, 0.29) is 0 Å². The molecule has 0 saturated carbocycles. The minimum absolute atomic E-state index is 0.897. The van der Waals surface area contributed by atoms with Crippen LogP contribution in [0.3, 0.4) is 0 Å². The molecule has 5 nitrogen and oxygen atoms in total. The zero-order chi connectivity index (χ0) is 13.6. The van der Waals surface area contributed by atoms with Crippen molar-refractivity contribution in [2.75, 3.05) is 0 Å². The molecule has 0 aliphatic carbocycles. The Labute approximate surface area is 116 Å². The molecule has 0 bridgehead atoms. The molecule has 0 N–H and O–H groups in total. The molecule has 0 amide bonds. The van der Waals surface area contributed by atoms with Crippen LogP contribution in [0, 0.1) is 0 Å². The SMILES string of the molecule is Cn1ccc2cc(-c3nnn[n]3[Sn]([CH3])([CH3])[CH3])ccc21. The third kappa shape index (κ3) is 2.16. The summed E-state index contributed by atoms with van der Waals surface area (Å²) >= 11 is -2.34. The quantitative estimate of drug-likeness (QED) is 0.659. The van der Waals surface area contributed by atoms with Crippen molar-refractivity contribution in [3.63, 3.8) is 0 Å². The summed E-state index contributed by atoms with van der Waals surface area (Å²) < 4.78 is 4.18. The van der Waals surface area contributed by atoms with Crippen LogP contribution in [0.1, 0.15) is 0 Å². The number of aryl methyl sites for hydroxylation is 1. The summed E-state index contributed by atoms with van der Waals surface area (Å²) in [7, 11) is 2.05. The average molecular weight is 362 g/mol. The van der Waals surface area contributed by atoms with Gasteiger partial charge in [-0.1, -0.05) is 0 Å². The summed E-state index contributed by atoms with van der Waals surface area (Å²) in [6.45, 7) is 0. The van der Waals surface area contributed by atoms with Crippen molar-refractivity contribution in [3.8, 4) is 11.4 Å². The first-order valence-electron chi connectivity index (χ1n) is 6.31.